The molecule has 4 nitrogen and oxygen atoms in total. The van der Waals surface area contributed by atoms with Gasteiger partial charge in [0, 0.05) is 25.3 Å². The molecule has 1 fully saturated rings. The third-order valence-corrected chi connectivity index (χ3v) is 2.76. The van der Waals surface area contributed by atoms with Crippen molar-refractivity contribution in [3.05, 3.63) is 42.6 Å². The maximum atomic E-state index is 11.6. The van der Waals surface area contributed by atoms with Crippen molar-refractivity contribution in [3.8, 4) is 0 Å². The molecule has 0 unspecified atom stereocenters. The van der Waals surface area contributed by atoms with Crippen LogP contribution in [0.15, 0.2) is 37.0 Å². The van der Waals surface area contributed by atoms with Crippen LogP contribution in [0.1, 0.15) is 5.56 Å². The molecule has 90 valence electrons. The molecule has 1 amide bonds. The molecule has 1 aliphatic rings. The lowest BCUT2D eigenvalue weighted by Crippen LogP contribution is -2.47. The summed E-state index contributed by atoms with van der Waals surface area (Å²) in [7, 11) is 0. The van der Waals surface area contributed by atoms with Crippen LogP contribution < -0.4 is 10.6 Å². The normalized spacial score (nSPS) is 15.8. The van der Waals surface area contributed by atoms with Gasteiger partial charge >= 0.3 is 0 Å². The van der Waals surface area contributed by atoms with E-state index in [1.807, 2.05) is 29.2 Å². The number of nitrogens with zero attached hydrogens (tertiary/aromatic N) is 1. The Morgan fingerprint density at radius 1 is 1.53 bits per heavy atom. The molecule has 1 aromatic rings. The van der Waals surface area contributed by atoms with Gasteiger partial charge in [-0.2, -0.15) is 0 Å². The highest BCUT2D eigenvalue weighted by Crippen LogP contribution is 2.13. The number of piperazine rings is 1. The molecule has 0 saturated carbocycles. The van der Waals surface area contributed by atoms with Crippen molar-refractivity contribution in [2.75, 3.05) is 25.0 Å². The molecule has 0 radical (unpaired) electrons. The van der Waals surface area contributed by atoms with Gasteiger partial charge in [-0.25, -0.2) is 0 Å². The zero-order valence-corrected chi connectivity index (χ0v) is 9.78. The first-order valence-electron chi connectivity index (χ1n) is 5.74. The van der Waals surface area contributed by atoms with E-state index in [0.29, 0.717) is 13.1 Å². The Bertz CT molecular complexity index is 417. The second kappa shape index (κ2) is 5.50. The maximum Gasteiger partial charge on any atom is 0.236 e. The van der Waals surface area contributed by atoms with E-state index in [4.69, 9.17) is 0 Å². The van der Waals surface area contributed by atoms with E-state index in [0.717, 1.165) is 24.3 Å². The summed E-state index contributed by atoms with van der Waals surface area (Å²) in [6.07, 6.45) is 1.65. The zero-order chi connectivity index (χ0) is 12.1. The van der Waals surface area contributed by atoms with Crippen LogP contribution in [0.3, 0.4) is 0 Å². The lowest BCUT2D eigenvalue weighted by Gasteiger charge is -2.27. The molecule has 4 heteroatoms. The number of carbonyl (C=O) groups excluding carboxylic acids is 1. The highest BCUT2D eigenvalue weighted by molar-refractivity contribution is 5.79. The minimum Gasteiger partial charge on any atom is -0.362 e. The summed E-state index contributed by atoms with van der Waals surface area (Å²) in [6, 6.07) is 8.03. The minimum atomic E-state index is 0.165. The van der Waals surface area contributed by atoms with Crippen LogP contribution in [0, 0.1) is 0 Å². The number of rotatable bonds is 4. The number of anilines is 1. The van der Waals surface area contributed by atoms with Crippen LogP contribution in [0.25, 0.3) is 0 Å². The molecule has 1 saturated heterocycles. The van der Waals surface area contributed by atoms with Crippen LogP contribution >= 0.6 is 0 Å². The Balaban J connectivity index is 2.04. The van der Waals surface area contributed by atoms with Crippen molar-refractivity contribution in [2.45, 2.75) is 6.54 Å². The molecule has 1 aromatic carbocycles. The average molecular weight is 231 g/mol. The summed E-state index contributed by atoms with van der Waals surface area (Å²) in [5.41, 5.74) is 2.13. The molecule has 0 aromatic heterocycles. The van der Waals surface area contributed by atoms with Crippen molar-refractivity contribution >= 4 is 11.6 Å². The van der Waals surface area contributed by atoms with Crippen molar-refractivity contribution in [2.24, 2.45) is 0 Å². The fourth-order valence-corrected chi connectivity index (χ4v) is 1.91. The van der Waals surface area contributed by atoms with Gasteiger partial charge in [0.05, 0.1) is 6.54 Å². The van der Waals surface area contributed by atoms with Gasteiger partial charge < -0.3 is 15.5 Å². The molecule has 0 atom stereocenters. The second-order valence-corrected chi connectivity index (χ2v) is 4.04. The van der Waals surface area contributed by atoms with Gasteiger partial charge in [0.2, 0.25) is 5.91 Å². The highest BCUT2D eigenvalue weighted by Gasteiger charge is 2.17. The smallest absolute Gasteiger partial charge is 0.236 e. The van der Waals surface area contributed by atoms with Gasteiger partial charge in [-0.15, -0.1) is 0 Å². The molecule has 0 bridgehead atoms. The van der Waals surface area contributed by atoms with E-state index in [1.54, 1.807) is 6.20 Å². The lowest BCUT2D eigenvalue weighted by atomic mass is 10.1. The first-order chi connectivity index (χ1) is 8.29. The van der Waals surface area contributed by atoms with Crippen LogP contribution in [0.2, 0.25) is 0 Å². The highest BCUT2D eigenvalue weighted by atomic mass is 16.2. The van der Waals surface area contributed by atoms with Crippen molar-refractivity contribution < 1.29 is 4.79 Å². The average Bonchev–Trinajstić information content (AvgIpc) is 2.33. The fraction of sp³-hybridized carbons (Fsp3) is 0.308. The number of hydrogen-bond donors (Lipinski definition) is 2. The fourth-order valence-electron chi connectivity index (χ4n) is 1.91. The molecular formula is C13H17N3O. The predicted octanol–water partition coefficient (Wildman–Crippen LogP) is 1.17. The van der Waals surface area contributed by atoms with Crippen LogP contribution in [0.4, 0.5) is 5.69 Å². The van der Waals surface area contributed by atoms with E-state index in [-0.39, 0.29) is 5.91 Å². The summed E-state index contributed by atoms with van der Waals surface area (Å²) in [4.78, 5) is 13.5. The maximum absolute atomic E-state index is 11.6. The quantitative estimate of drug-likeness (QED) is 0.817. The Kier molecular flexibility index (Phi) is 3.77. The summed E-state index contributed by atoms with van der Waals surface area (Å²) < 4.78 is 0. The Morgan fingerprint density at radius 3 is 3.18 bits per heavy atom. The summed E-state index contributed by atoms with van der Waals surface area (Å²) in [5, 5.41) is 6.11. The Labute approximate surface area is 101 Å². The SMILES string of the molecule is C=CNc1cccc(CN2CCNCC2=O)c1. The molecule has 0 aliphatic carbocycles. The number of hydrogen-bond acceptors (Lipinski definition) is 3. The second-order valence-electron chi connectivity index (χ2n) is 4.04. The van der Waals surface area contributed by atoms with Crippen LogP contribution in [0.5, 0.6) is 0 Å². The third kappa shape index (κ3) is 3.07. The standard InChI is InChI=1S/C13H17N3O/c1-2-15-12-5-3-4-11(8-12)10-16-7-6-14-9-13(16)17/h2-5,8,14-15H,1,6-7,9-10H2. The topological polar surface area (TPSA) is 44.4 Å². The van der Waals surface area contributed by atoms with Crippen LogP contribution in [-0.4, -0.2) is 30.4 Å². The van der Waals surface area contributed by atoms with Gasteiger partial charge in [0.25, 0.3) is 0 Å². The van der Waals surface area contributed by atoms with E-state index >= 15 is 0 Å². The minimum absolute atomic E-state index is 0.165. The molecular weight excluding hydrogens is 214 g/mol. The first-order valence-corrected chi connectivity index (χ1v) is 5.74. The summed E-state index contributed by atoms with van der Waals surface area (Å²) in [5.74, 6) is 0.165. The van der Waals surface area contributed by atoms with Gasteiger partial charge in [0.1, 0.15) is 0 Å². The molecule has 0 spiro atoms. The van der Waals surface area contributed by atoms with Gasteiger partial charge in [-0.05, 0) is 23.9 Å². The Morgan fingerprint density at radius 2 is 2.41 bits per heavy atom. The van der Waals surface area contributed by atoms with E-state index in [2.05, 4.69) is 17.2 Å². The zero-order valence-electron chi connectivity index (χ0n) is 9.78. The van der Waals surface area contributed by atoms with Crippen molar-refractivity contribution in [3.63, 3.8) is 0 Å². The molecule has 17 heavy (non-hydrogen) atoms. The van der Waals surface area contributed by atoms with Crippen molar-refractivity contribution in [1.29, 1.82) is 0 Å². The largest absolute Gasteiger partial charge is 0.362 e. The monoisotopic (exact) mass is 231 g/mol. The number of benzene rings is 1. The van der Waals surface area contributed by atoms with Gasteiger partial charge in [-0.3, -0.25) is 4.79 Å². The van der Waals surface area contributed by atoms with Gasteiger partial charge in [0.15, 0.2) is 0 Å². The molecule has 2 rings (SSSR count). The number of amides is 1. The third-order valence-electron chi connectivity index (χ3n) is 2.76. The predicted molar refractivity (Wildman–Crippen MR) is 68.5 cm³/mol. The van der Waals surface area contributed by atoms with Crippen molar-refractivity contribution in [1.82, 2.24) is 10.2 Å². The van der Waals surface area contributed by atoms with E-state index in [1.165, 1.54) is 0 Å². The Hall–Kier alpha value is -1.81. The first kappa shape index (κ1) is 11.7. The summed E-state index contributed by atoms with van der Waals surface area (Å²) in [6.45, 7) is 6.40. The van der Waals surface area contributed by atoms with Crippen LogP contribution in [-0.2, 0) is 11.3 Å². The molecule has 1 heterocycles. The number of nitrogens with one attached hydrogen (secondary N) is 2. The molecule has 2 N–H and O–H groups in total. The van der Waals surface area contributed by atoms with E-state index in [9.17, 15) is 4.79 Å². The molecule has 1 aliphatic heterocycles. The van der Waals surface area contributed by atoms with Gasteiger partial charge in [-0.1, -0.05) is 18.7 Å². The van der Waals surface area contributed by atoms with E-state index < -0.39 is 0 Å². The summed E-state index contributed by atoms with van der Waals surface area (Å²) >= 11 is 0. The lowest BCUT2D eigenvalue weighted by molar-refractivity contribution is -0.132. The number of carbonyl (C=O) groups is 1.